The Labute approximate surface area is 133 Å². The van der Waals surface area contributed by atoms with Gasteiger partial charge in [0.15, 0.2) is 0 Å². The van der Waals surface area contributed by atoms with E-state index in [4.69, 9.17) is 0 Å². The van der Waals surface area contributed by atoms with Crippen molar-refractivity contribution in [3.8, 4) is 0 Å². The number of pyridine rings is 1. The number of allylic oxidation sites excluding steroid dienone is 1. The number of benzene rings is 1. The summed E-state index contributed by atoms with van der Waals surface area (Å²) in [4.78, 5) is 13.0. The van der Waals surface area contributed by atoms with E-state index in [0.29, 0.717) is 13.0 Å². The van der Waals surface area contributed by atoms with Crippen molar-refractivity contribution in [1.29, 1.82) is 0 Å². The van der Waals surface area contributed by atoms with Crippen LogP contribution in [0.5, 0.6) is 0 Å². The molecule has 0 amide bonds. The second-order valence-corrected chi connectivity index (χ2v) is 6.20. The standard InChI is InChI=1S/C18H19N3O2/c1-3-13-4-6-20-17-15(10-19-21(13)17)16-12(5-7-22)8-11(2)9-14(16)18(20)23/h3,8-10,13,22H,1,4-7H2,2H3. The molecule has 1 aromatic carbocycles. The van der Waals surface area contributed by atoms with Crippen molar-refractivity contribution < 1.29 is 5.11 Å². The Morgan fingerprint density at radius 2 is 2.26 bits per heavy atom. The maximum atomic E-state index is 13.0. The molecule has 0 saturated heterocycles. The third-order valence-electron chi connectivity index (χ3n) is 4.75. The molecule has 0 aliphatic carbocycles. The number of aliphatic hydroxyl groups is 1. The van der Waals surface area contributed by atoms with Gasteiger partial charge in [-0.05, 0) is 31.4 Å². The smallest absolute Gasteiger partial charge is 0.260 e. The van der Waals surface area contributed by atoms with Crippen molar-refractivity contribution in [3.05, 3.63) is 52.5 Å². The highest BCUT2D eigenvalue weighted by molar-refractivity contribution is 6.06. The summed E-state index contributed by atoms with van der Waals surface area (Å²) in [5, 5.41) is 16.5. The summed E-state index contributed by atoms with van der Waals surface area (Å²) in [5.41, 5.74) is 2.94. The fourth-order valence-corrected chi connectivity index (χ4v) is 3.76. The van der Waals surface area contributed by atoms with Gasteiger partial charge >= 0.3 is 0 Å². The summed E-state index contributed by atoms with van der Waals surface area (Å²) < 4.78 is 3.72. The Morgan fingerprint density at radius 3 is 3.00 bits per heavy atom. The second kappa shape index (κ2) is 5.06. The van der Waals surface area contributed by atoms with Crippen molar-refractivity contribution >= 4 is 21.8 Å². The lowest BCUT2D eigenvalue weighted by molar-refractivity contribution is 0.300. The largest absolute Gasteiger partial charge is 0.396 e. The summed E-state index contributed by atoms with van der Waals surface area (Å²) in [7, 11) is 0. The van der Waals surface area contributed by atoms with Gasteiger partial charge in [0, 0.05) is 29.3 Å². The van der Waals surface area contributed by atoms with Crippen LogP contribution < -0.4 is 5.56 Å². The molecule has 4 rings (SSSR count). The molecule has 3 aromatic rings. The summed E-state index contributed by atoms with van der Waals surface area (Å²) in [6.45, 7) is 6.61. The molecule has 1 atom stereocenters. The molecule has 1 aliphatic heterocycles. The number of fused-ring (bicyclic) bond motifs is 2. The quantitative estimate of drug-likeness (QED) is 0.755. The Bertz CT molecular complexity index is 997. The van der Waals surface area contributed by atoms with Gasteiger partial charge in [0.1, 0.15) is 5.65 Å². The first-order valence-corrected chi connectivity index (χ1v) is 7.92. The molecule has 1 unspecified atom stereocenters. The third-order valence-corrected chi connectivity index (χ3v) is 4.75. The zero-order valence-electron chi connectivity index (χ0n) is 13.1. The molecule has 5 heteroatoms. The van der Waals surface area contributed by atoms with Crippen LogP contribution in [0.2, 0.25) is 0 Å². The molecule has 5 nitrogen and oxygen atoms in total. The number of hydrogen-bond donors (Lipinski definition) is 1. The lowest BCUT2D eigenvalue weighted by atomic mass is 9.98. The highest BCUT2D eigenvalue weighted by atomic mass is 16.3. The van der Waals surface area contributed by atoms with E-state index in [0.717, 1.165) is 39.4 Å². The van der Waals surface area contributed by atoms with Crippen molar-refractivity contribution in [3.63, 3.8) is 0 Å². The van der Waals surface area contributed by atoms with Crippen molar-refractivity contribution in [1.82, 2.24) is 14.3 Å². The third kappa shape index (κ3) is 1.90. The van der Waals surface area contributed by atoms with E-state index in [1.807, 2.05) is 34.5 Å². The molecule has 23 heavy (non-hydrogen) atoms. The van der Waals surface area contributed by atoms with Gasteiger partial charge in [-0.25, -0.2) is 4.68 Å². The monoisotopic (exact) mass is 309 g/mol. The van der Waals surface area contributed by atoms with Gasteiger partial charge in [-0.2, -0.15) is 5.10 Å². The molecule has 0 bridgehead atoms. The van der Waals surface area contributed by atoms with E-state index in [1.54, 1.807) is 0 Å². The highest BCUT2D eigenvalue weighted by Gasteiger charge is 2.24. The summed E-state index contributed by atoms with van der Waals surface area (Å²) >= 11 is 0. The van der Waals surface area contributed by atoms with E-state index >= 15 is 0 Å². The minimum Gasteiger partial charge on any atom is -0.396 e. The molecular formula is C18H19N3O2. The summed E-state index contributed by atoms with van der Waals surface area (Å²) in [6.07, 6.45) is 5.08. The van der Waals surface area contributed by atoms with E-state index in [9.17, 15) is 9.90 Å². The van der Waals surface area contributed by atoms with Gasteiger partial charge in [0.25, 0.3) is 5.56 Å². The molecule has 0 radical (unpaired) electrons. The van der Waals surface area contributed by atoms with Gasteiger partial charge in [0.05, 0.1) is 12.2 Å². The van der Waals surface area contributed by atoms with Crippen molar-refractivity contribution in [2.75, 3.05) is 6.61 Å². The zero-order valence-corrected chi connectivity index (χ0v) is 13.1. The first kappa shape index (κ1) is 14.2. The molecule has 1 N–H and O–H groups in total. The van der Waals surface area contributed by atoms with Gasteiger partial charge in [-0.15, -0.1) is 6.58 Å². The average molecular weight is 309 g/mol. The minimum absolute atomic E-state index is 0.0275. The number of rotatable bonds is 3. The lowest BCUT2D eigenvalue weighted by Gasteiger charge is -2.24. The Morgan fingerprint density at radius 1 is 1.43 bits per heavy atom. The predicted molar refractivity (Wildman–Crippen MR) is 90.9 cm³/mol. The first-order chi connectivity index (χ1) is 11.2. The van der Waals surface area contributed by atoms with Crippen LogP contribution >= 0.6 is 0 Å². The van der Waals surface area contributed by atoms with Crippen LogP contribution in [0.25, 0.3) is 21.8 Å². The maximum absolute atomic E-state index is 13.0. The van der Waals surface area contributed by atoms with E-state index < -0.39 is 0 Å². The summed E-state index contributed by atoms with van der Waals surface area (Å²) in [5.74, 6) is 0. The molecular weight excluding hydrogens is 290 g/mol. The van der Waals surface area contributed by atoms with Crippen LogP contribution in [0.4, 0.5) is 0 Å². The normalized spacial score (nSPS) is 17.0. The van der Waals surface area contributed by atoms with Crippen LogP contribution in [0.15, 0.2) is 35.8 Å². The molecule has 1 aliphatic rings. The van der Waals surface area contributed by atoms with E-state index in [-0.39, 0.29) is 18.2 Å². The van der Waals surface area contributed by atoms with Crippen molar-refractivity contribution in [2.24, 2.45) is 0 Å². The van der Waals surface area contributed by atoms with Crippen LogP contribution in [0, 0.1) is 6.92 Å². The second-order valence-electron chi connectivity index (χ2n) is 6.20. The Hall–Kier alpha value is -2.40. The van der Waals surface area contributed by atoms with E-state index in [1.165, 1.54) is 0 Å². The number of hydrogen-bond acceptors (Lipinski definition) is 3. The Kier molecular flexibility index (Phi) is 3.13. The number of nitrogens with zero attached hydrogens (tertiary/aromatic N) is 3. The molecule has 0 fully saturated rings. The molecule has 2 aromatic heterocycles. The van der Waals surface area contributed by atoms with Crippen LogP contribution in [0.3, 0.4) is 0 Å². The molecule has 0 spiro atoms. The SMILES string of the molecule is C=CC1CCn2c(=O)c3cc(C)cc(CCO)c3c3cnn1c32. The zero-order chi connectivity index (χ0) is 16.1. The molecule has 3 heterocycles. The van der Waals surface area contributed by atoms with Gasteiger partial charge < -0.3 is 5.11 Å². The van der Waals surface area contributed by atoms with E-state index in [2.05, 4.69) is 17.7 Å². The van der Waals surface area contributed by atoms with Gasteiger partial charge in [-0.1, -0.05) is 17.7 Å². The van der Waals surface area contributed by atoms with Gasteiger partial charge in [-0.3, -0.25) is 9.36 Å². The van der Waals surface area contributed by atoms with Crippen LogP contribution in [-0.2, 0) is 13.0 Å². The fraction of sp³-hybridized carbons (Fsp3) is 0.333. The Balaban J connectivity index is 2.22. The van der Waals surface area contributed by atoms with Crippen LogP contribution in [0.1, 0.15) is 23.6 Å². The average Bonchev–Trinajstić information content (AvgIpc) is 2.97. The highest BCUT2D eigenvalue weighted by Crippen LogP contribution is 2.32. The topological polar surface area (TPSA) is 60.1 Å². The predicted octanol–water partition coefficient (Wildman–Crippen LogP) is 2.33. The van der Waals surface area contributed by atoms with Crippen LogP contribution in [-0.4, -0.2) is 26.1 Å². The summed E-state index contributed by atoms with van der Waals surface area (Å²) in [6, 6.07) is 4.12. The number of aliphatic hydroxyl groups excluding tert-OH is 1. The first-order valence-electron chi connectivity index (χ1n) is 7.92. The maximum Gasteiger partial charge on any atom is 0.260 e. The van der Waals surface area contributed by atoms with Crippen molar-refractivity contribution in [2.45, 2.75) is 32.4 Å². The molecule has 0 saturated carbocycles. The van der Waals surface area contributed by atoms with Gasteiger partial charge in [0.2, 0.25) is 0 Å². The number of aromatic nitrogens is 3. The molecule has 118 valence electrons. The number of aryl methyl sites for hydroxylation is 2. The lowest BCUT2D eigenvalue weighted by Crippen LogP contribution is -2.29. The fourth-order valence-electron chi connectivity index (χ4n) is 3.76. The minimum atomic E-state index is 0.0275.